The van der Waals surface area contributed by atoms with E-state index in [1.54, 1.807) is 11.0 Å². The van der Waals surface area contributed by atoms with Crippen LogP contribution in [0.15, 0.2) is 30.3 Å². The number of carbonyl (C=O) groups is 1. The van der Waals surface area contributed by atoms with Crippen molar-refractivity contribution in [2.75, 3.05) is 6.54 Å². The van der Waals surface area contributed by atoms with Crippen molar-refractivity contribution in [3.05, 3.63) is 58.7 Å². The van der Waals surface area contributed by atoms with Gasteiger partial charge in [0.15, 0.2) is 0 Å². The van der Waals surface area contributed by atoms with Gasteiger partial charge in [0, 0.05) is 13.1 Å². The van der Waals surface area contributed by atoms with E-state index < -0.39 is 23.3 Å². The van der Waals surface area contributed by atoms with Gasteiger partial charge in [0.2, 0.25) is 0 Å². The molecule has 5 heteroatoms. The molecular weight excluding hydrogens is 336 g/mol. The van der Waals surface area contributed by atoms with E-state index in [1.165, 1.54) is 18.2 Å². The van der Waals surface area contributed by atoms with Gasteiger partial charge >= 0.3 is 6.09 Å². The van der Waals surface area contributed by atoms with Crippen LogP contribution < -0.4 is 0 Å². The first-order valence-electron chi connectivity index (χ1n) is 8.71. The number of nitrogens with zero attached hydrogens (tertiary/aromatic N) is 1. The van der Waals surface area contributed by atoms with E-state index >= 15 is 0 Å². The first-order chi connectivity index (χ1) is 12.2. The maximum absolute atomic E-state index is 14.3. The van der Waals surface area contributed by atoms with E-state index in [1.807, 2.05) is 33.8 Å². The lowest BCUT2D eigenvalue weighted by molar-refractivity contribution is 0.0224. The molecule has 1 aliphatic heterocycles. The summed E-state index contributed by atoms with van der Waals surface area (Å²) in [4.78, 5) is 14.0. The maximum Gasteiger partial charge on any atom is 0.410 e. The second-order valence-electron chi connectivity index (χ2n) is 7.64. The standard InChI is InChI=1S/C21H23F2NO2/c1-13-8-9-15(19-17(22)6-5-7-18(19)23)16-12-24(11-10-14(13)16)20(25)26-21(2,3)4/h5-9H,10-12H2,1-4H3. The summed E-state index contributed by atoms with van der Waals surface area (Å²) >= 11 is 0. The number of fused-ring (bicyclic) bond motifs is 1. The first-order valence-corrected chi connectivity index (χ1v) is 8.71. The van der Waals surface area contributed by atoms with Crippen molar-refractivity contribution in [3.8, 4) is 11.1 Å². The molecule has 0 spiro atoms. The number of hydrogen-bond acceptors (Lipinski definition) is 2. The lowest BCUT2D eigenvalue weighted by Gasteiger charge is -2.33. The molecule has 1 amide bonds. The molecule has 0 unspecified atom stereocenters. The van der Waals surface area contributed by atoms with Crippen LogP contribution in [0.5, 0.6) is 0 Å². The molecule has 0 aliphatic carbocycles. The van der Waals surface area contributed by atoms with E-state index in [0.29, 0.717) is 18.5 Å². The van der Waals surface area contributed by atoms with Crippen molar-refractivity contribution in [1.82, 2.24) is 4.90 Å². The summed E-state index contributed by atoms with van der Waals surface area (Å²) in [5, 5.41) is 0. The highest BCUT2D eigenvalue weighted by atomic mass is 19.1. The Hall–Kier alpha value is -2.43. The number of ether oxygens (including phenoxy) is 1. The summed E-state index contributed by atoms with van der Waals surface area (Å²) in [6, 6.07) is 7.46. The minimum atomic E-state index is -0.606. The fraction of sp³-hybridized carbons (Fsp3) is 0.381. The van der Waals surface area contributed by atoms with Crippen molar-refractivity contribution in [2.24, 2.45) is 0 Å². The highest BCUT2D eigenvalue weighted by Crippen LogP contribution is 2.35. The third-order valence-corrected chi connectivity index (χ3v) is 4.53. The Labute approximate surface area is 152 Å². The first kappa shape index (κ1) is 18.4. The second kappa shape index (κ2) is 6.71. The third kappa shape index (κ3) is 3.57. The number of rotatable bonds is 1. The molecule has 0 atom stereocenters. The Balaban J connectivity index is 2.04. The highest BCUT2D eigenvalue weighted by Gasteiger charge is 2.29. The Morgan fingerprint density at radius 1 is 1.08 bits per heavy atom. The summed E-state index contributed by atoms with van der Waals surface area (Å²) in [6.07, 6.45) is 0.217. The van der Waals surface area contributed by atoms with Gasteiger partial charge in [-0.1, -0.05) is 18.2 Å². The van der Waals surface area contributed by atoms with Crippen LogP contribution in [0.4, 0.5) is 13.6 Å². The predicted octanol–water partition coefficient (Wildman–Crippen LogP) is 5.23. The van der Waals surface area contributed by atoms with E-state index in [-0.39, 0.29) is 12.1 Å². The lowest BCUT2D eigenvalue weighted by atomic mass is 9.88. The van der Waals surface area contributed by atoms with Gasteiger partial charge in [-0.25, -0.2) is 13.6 Å². The largest absolute Gasteiger partial charge is 0.444 e. The van der Waals surface area contributed by atoms with Gasteiger partial charge in [-0.15, -0.1) is 0 Å². The molecule has 0 N–H and O–H groups in total. The van der Waals surface area contributed by atoms with Crippen LogP contribution in [0, 0.1) is 18.6 Å². The molecule has 1 heterocycles. The molecule has 0 fully saturated rings. The minimum absolute atomic E-state index is 0.0465. The molecule has 0 radical (unpaired) electrons. The zero-order valence-electron chi connectivity index (χ0n) is 15.5. The number of amides is 1. The lowest BCUT2D eigenvalue weighted by Crippen LogP contribution is -2.40. The van der Waals surface area contributed by atoms with Crippen LogP contribution in [-0.2, 0) is 17.7 Å². The van der Waals surface area contributed by atoms with Gasteiger partial charge in [0.1, 0.15) is 17.2 Å². The Bertz CT molecular complexity index is 836. The van der Waals surface area contributed by atoms with Crippen molar-refractivity contribution in [2.45, 2.75) is 46.3 Å². The van der Waals surface area contributed by atoms with Gasteiger partial charge < -0.3 is 9.64 Å². The van der Waals surface area contributed by atoms with E-state index in [2.05, 4.69) is 0 Å². The topological polar surface area (TPSA) is 29.5 Å². The summed E-state index contributed by atoms with van der Waals surface area (Å²) in [6.45, 7) is 8.21. The van der Waals surface area contributed by atoms with E-state index in [0.717, 1.165) is 16.7 Å². The van der Waals surface area contributed by atoms with Gasteiger partial charge in [0.05, 0.1) is 5.56 Å². The summed E-state index contributed by atoms with van der Waals surface area (Å²) in [5.41, 5.74) is 2.74. The molecule has 0 aromatic heterocycles. The average Bonchev–Trinajstić information content (AvgIpc) is 2.55. The van der Waals surface area contributed by atoms with Crippen LogP contribution in [0.2, 0.25) is 0 Å². The second-order valence-corrected chi connectivity index (χ2v) is 7.64. The van der Waals surface area contributed by atoms with Crippen LogP contribution in [-0.4, -0.2) is 23.1 Å². The van der Waals surface area contributed by atoms with Gasteiger partial charge in [-0.05, 0) is 68.5 Å². The average molecular weight is 359 g/mol. The molecule has 0 saturated carbocycles. The molecule has 2 aromatic carbocycles. The van der Waals surface area contributed by atoms with Gasteiger partial charge in [-0.2, -0.15) is 0 Å². The molecule has 1 aliphatic rings. The normalized spacial score (nSPS) is 14.2. The fourth-order valence-electron chi connectivity index (χ4n) is 3.33. The van der Waals surface area contributed by atoms with Crippen molar-refractivity contribution >= 4 is 6.09 Å². The smallest absolute Gasteiger partial charge is 0.410 e. The fourth-order valence-corrected chi connectivity index (χ4v) is 3.33. The van der Waals surface area contributed by atoms with Crippen LogP contribution in [0.1, 0.15) is 37.5 Å². The monoisotopic (exact) mass is 359 g/mol. The summed E-state index contributed by atoms with van der Waals surface area (Å²) < 4.78 is 34.1. The molecule has 3 rings (SSSR count). The molecule has 0 bridgehead atoms. The van der Waals surface area contributed by atoms with Crippen LogP contribution >= 0.6 is 0 Å². The van der Waals surface area contributed by atoms with Gasteiger partial charge in [-0.3, -0.25) is 0 Å². The van der Waals surface area contributed by atoms with Crippen LogP contribution in [0.3, 0.4) is 0 Å². The van der Waals surface area contributed by atoms with Crippen LogP contribution in [0.25, 0.3) is 11.1 Å². The number of halogens is 2. The predicted molar refractivity (Wildman–Crippen MR) is 96.9 cm³/mol. The molecule has 138 valence electrons. The number of aryl methyl sites for hydroxylation is 1. The third-order valence-electron chi connectivity index (χ3n) is 4.53. The minimum Gasteiger partial charge on any atom is -0.444 e. The zero-order valence-corrected chi connectivity index (χ0v) is 15.5. The quantitative estimate of drug-likeness (QED) is 0.697. The Morgan fingerprint density at radius 2 is 1.73 bits per heavy atom. The molecule has 26 heavy (non-hydrogen) atoms. The van der Waals surface area contributed by atoms with E-state index in [9.17, 15) is 13.6 Å². The Morgan fingerprint density at radius 3 is 2.35 bits per heavy atom. The molecular formula is C21H23F2NO2. The zero-order chi connectivity index (χ0) is 19.1. The number of benzene rings is 2. The number of hydrogen-bond donors (Lipinski definition) is 0. The number of carbonyl (C=O) groups excluding carboxylic acids is 1. The molecule has 2 aromatic rings. The van der Waals surface area contributed by atoms with E-state index in [4.69, 9.17) is 4.74 Å². The highest BCUT2D eigenvalue weighted by molar-refractivity contribution is 5.74. The molecule has 0 saturated heterocycles. The summed E-state index contributed by atoms with van der Waals surface area (Å²) in [7, 11) is 0. The Kier molecular flexibility index (Phi) is 4.74. The summed E-state index contributed by atoms with van der Waals surface area (Å²) in [5.74, 6) is -1.21. The van der Waals surface area contributed by atoms with Crippen molar-refractivity contribution in [3.63, 3.8) is 0 Å². The van der Waals surface area contributed by atoms with Crippen molar-refractivity contribution < 1.29 is 18.3 Å². The van der Waals surface area contributed by atoms with Gasteiger partial charge in [0.25, 0.3) is 0 Å². The maximum atomic E-state index is 14.3. The van der Waals surface area contributed by atoms with Crippen molar-refractivity contribution in [1.29, 1.82) is 0 Å². The SMILES string of the molecule is Cc1ccc(-c2c(F)cccc2F)c2c1CCN(C(=O)OC(C)(C)C)C2. The molecule has 3 nitrogen and oxygen atoms in total.